The lowest BCUT2D eigenvalue weighted by molar-refractivity contribution is -0.162. The molecule has 0 aromatic rings. The summed E-state index contributed by atoms with van der Waals surface area (Å²) >= 11 is 0. The Labute approximate surface area is 129 Å². The molecule has 0 spiro atoms. The number of carbonyl (C=O) groups excluding carboxylic acids is 1. The first-order valence-electron chi connectivity index (χ1n) is 7.67. The van der Waals surface area contributed by atoms with Gasteiger partial charge in [-0.15, -0.1) is 0 Å². The Hall–Kier alpha value is -1.61. The van der Waals surface area contributed by atoms with Crippen molar-refractivity contribution in [3.63, 3.8) is 0 Å². The molecule has 0 heterocycles. The summed E-state index contributed by atoms with van der Waals surface area (Å²) in [5.74, 6) is -0.175. The number of rotatable bonds is 11. The van der Waals surface area contributed by atoms with Gasteiger partial charge in [0.05, 0.1) is 7.11 Å². The highest BCUT2D eigenvalue weighted by atomic mass is 16.7. The third-order valence-electron chi connectivity index (χ3n) is 2.92. The molecule has 21 heavy (non-hydrogen) atoms. The molecule has 3 heteroatoms. The molecule has 0 aliphatic heterocycles. The second-order valence-corrected chi connectivity index (χ2v) is 4.72. The van der Waals surface area contributed by atoms with Crippen LogP contribution in [-0.4, -0.2) is 25.1 Å². The van der Waals surface area contributed by atoms with Crippen LogP contribution in [0.25, 0.3) is 0 Å². The summed E-state index contributed by atoms with van der Waals surface area (Å²) in [5, 5.41) is 1.18. The van der Waals surface area contributed by atoms with Gasteiger partial charge in [0.25, 0.3) is 5.91 Å². The van der Waals surface area contributed by atoms with Gasteiger partial charge in [0, 0.05) is 13.1 Å². The molecular weight excluding hydrogens is 262 g/mol. The van der Waals surface area contributed by atoms with Crippen molar-refractivity contribution in [3.05, 3.63) is 48.6 Å². The summed E-state index contributed by atoms with van der Waals surface area (Å²) in [5.41, 5.74) is 0. The average molecular weight is 291 g/mol. The third kappa shape index (κ3) is 13.1. The molecule has 0 aliphatic carbocycles. The topological polar surface area (TPSA) is 29.5 Å². The molecule has 0 aromatic heterocycles. The molecule has 0 unspecified atom stereocenters. The highest BCUT2D eigenvalue weighted by molar-refractivity contribution is 5.86. The van der Waals surface area contributed by atoms with Crippen LogP contribution in [0.15, 0.2) is 48.6 Å². The van der Waals surface area contributed by atoms with E-state index in [1.54, 1.807) is 13.1 Å². The van der Waals surface area contributed by atoms with E-state index in [9.17, 15) is 4.79 Å². The summed E-state index contributed by atoms with van der Waals surface area (Å²) in [6.07, 6.45) is 22.8. The average Bonchev–Trinajstić information content (AvgIpc) is 2.50. The number of carbonyl (C=O) groups is 1. The van der Waals surface area contributed by atoms with E-state index in [4.69, 9.17) is 4.84 Å². The Kier molecular flexibility index (Phi) is 13.7. The number of allylic oxidation sites excluding steroid dienone is 7. The van der Waals surface area contributed by atoms with Crippen molar-refractivity contribution in [2.75, 3.05) is 14.2 Å². The fraction of sp³-hybridized carbons (Fsp3) is 0.500. The summed E-state index contributed by atoms with van der Waals surface area (Å²) in [6, 6.07) is 0. The van der Waals surface area contributed by atoms with Crippen molar-refractivity contribution in [2.24, 2.45) is 0 Å². The lowest BCUT2D eigenvalue weighted by atomic mass is 10.2. The maximum absolute atomic E-state index is 11.3. The predicted molar refractivity (Wildman–Crippen MR) is 89.7 cm³/mol. The van der Waals surface area contributed by atoms with Gasteiger partial charge in [0.15, 0.2) is 0 Å². The minimum absolute atomic E-state index is 0.175. The molecule has 118 valence electrons. The zero-order chi connectivity index (χ0) is 15.8. The van der Waals surface area contributed by atoms with Crippen LogP contribution < -0.4 is 0 Å². The number of hydrogen-bond donors (Lipinski definition) is 0. The van der Waals surface area contributed by atoms with E-state index in [1.165, 1.54) is 43.9 Å². The molecule has 0 aliphatic rings. The number of hydrogen-bond acceptors (Lipinski definition) is 2. The number of unbranched alkanes of at least 4 members (excludes halogenated alkanes) is 3. The molecule has 3 nitrogen and oxygen atoms in total. The van der Waals surface area contributed by atoms with Crippen molar-refractivity contribution in [1.29, 1.82) is 0 Å². The Balaban J connectivity index is 3.65. The van der Waals surface area contributed by atoms with E-state index >= 15 is 0 Å². The maximum atomic E-state index is 11.3. The monoisotopic (exact) mass is 291 g/mol. The largest absolute Gasteiger partial charge is 0.274 e. The van der Waals surface area contributed by atoms with Gasteiger partial charge in [0.2, 0.25) is 0 Å². The van der Waals surface area contributed by atoms with Gasteiger partial charge >= 0.3 is 0 Å². The van der Waals surface area contributed by atoms with E-state index in [-0.39, 0.29) is 5.91 Å². The minimum Gasteiger partial charge on any atom is -0.274 e. The van der Waals surface area contributed by atoms with Gasteiger partial charge < -0.3 is 0 Å². The molecule has 0 atom stereocenters. The molecule has 0 saturated carbocycles. The van der Waals surface area contributed by atoms with Gasteiger partial charge in [-0.1, -0.05) is 62.3 Å². The molecule has 0 N–H and O–H groups in total. The predicted octanol–water partition coefficient (Wildman–Crippen LogP) is 4.59. The lowest BCUT2D eigenvalue weighted by Crippen LogP contribution is -2.22. The van der Waals surface area contributed by atoms with E-state index in [2.05, 4.69) is 31.2 Å². The summed E-state index contributed by atoms with van der Waals surface area (Å²) in [7, 11) is 3.04. The highest BCUT2D eigenvalue weighted by Gasteiger charge is 1.99. The molecule has 0 aromatic carbocycles. The summed E-state index contributed by atoms with van der Waals surface area (Å²) in [6.45, 7) is 2.22. The fourth-order valence-corrected chi connectivity index (χ4v) is 1.57. The Morgan fingerprint density at radius 1 is 1.00 bits per heavy atom. The van der Waals surface area contributed by atoms with E-state index in [0.717, 1.165) is 12.8 Å². The third-order valence-corrected chi connectivity index (χ3v) is 2.92. The van der Waals surface area contributed by atoms with Crippen LogP contribution >= 0.6 is 0 Å². The van der Waals surface area contributed by atoms with Crippen LogP contribution in [0, 0.1) is 0 Å². The Bertz CT molecular complexity index is 367. The first kappa shape index (κ1) is 19.4. The van der Waals surface area contributed by atoms with Gasteiger partial charge in [-0.3, -0.25) is 9.63 Å². The van der Waals surface area contributed by atoms with Crippen LogP contribution in [0.3, 0.4) is 0 Å². The van der Waals surface area contributed by atoms with Crippen molar-refractivity contribution in [3.8, 4) is 0 Å². The van der Waals surface area contributed by atoms with E-state index in [1.807, 2.05) is 12.2 Å². The normalized spacial score (nSPS) is 12.3. The molecule has 1 amide bonds. The smallest absolute Gasteiger partial charge is 0.269 e. The number of amides is 1. The van der Waals surface area contributed by atoms with Gasteiger partial charge in [-0.25, -0.2) is 5.06 Å². The number of hydroxylamine groups is 2. The van der Waals surface area contributed by atoms with Crippen LogP contribution in [0.1, 0.15) is 45.4 Å². The lowest BCUT2D eigenvalue weighted by Gasteiger charge is -2.09. The zero-order valence-corrected chi connectivity index (χ0v) is 13.6. The highest BCUT2D eigenvalue weighted by Crippen LogP contribution is 2.00. The van der Waals surface area contributed by atoms with Crippen molar-refractivity contribution in [2.45, 2.75) is 45.4 Å². The fourth-order valence-electron chi connectivity index (χ4n) is 1.57. The van der Waals surface area contributed by atoms with Crippen molar-refractivity contribution in [1.82, 2.24) is 5.06 Å². The molecule has 0 rings (SSSR count). The molecular formula is C18H29NO2. The summed E-state index contributed by atoms with van der Waals surface area (Å²) in [4.78, 5) is 16.1. The second kappa shape index (κ2) is 14.8. The second-order valence-electron chi connectivity index (χ2n) is 4.72. The zero-order valence-electron chi connectivity index (χ0n) is 13.6. The molecule has 0 bridgehead atoms. The van der Waals surface area contributed by atoms with E-state index < -0.39 is 0 Å². The molecule has 0 saturated heterocycles. The van der Waals surface area contributed by atoms with Crippen LogP contribution in [0.4, 0.5) is 0 Å². The molecule has 0 radical (unpaired) electrons. The quantitative estimate of drug-likeness (QED) is 0.183. The van der Waals surface area contributed by atoms with Gasteiger partial charge in [-0.05, 0) is 25.7 Å². The molecule has 0 fully saturated rings. The Morgan fingerprint density at radius 3 is 2.33 bits per heavy atom. The van der Waals surface area contributed by atoms with Crippen molar-refractivity contribution >= 4 is 5.91 Å². The van der Waals surface area contributed by atoms with Crippen LogP contribution in [0.5, 0.6) is 0 Å². The first-order chi connectivity index (χ1) is 10.2. The minimum atomic E-state index is -0.175. The number of nitrogens with zero attached hydrogens (tertiary/aromatic N) is 1. The first-order valence-corrected chi connectivity index (χ1v) is 7.67. The number of likely N-dealkylation sites (N-methyl/N-ethyl adjacent to an activating group) is 1. The SMILES string of the molecule is CCCCC/C=C\C/C=C\C/C=C\C=C\C(=O)N(C)OC. The van der Waals surface area contributed by atoms with Crippen LogP contribution in [0.2, 0.25) is 0 Å². The van der Waals surface area contributed by atoms with Gasteiger partial charge in [-0.2, -0.15) is 0 Å². The van der Waals surface area contributed by atoms with Crippen LogP contribution in [-0.2, 0) is 9.63 Å². The maximum Gasteiger partial charge on any atom is 0.269 e. The summed E-state index contributed by atoms with van der Waals surface area (Å²) < 4.78 is 0. The standard InChI is InChI=1S/C18H29NO2/c1-4-5-6-7-8-9-10-11-12-13-14-15-16-17-18(20)19(2)21-3/h8-9,11-12,14-17H,4-7,10,13H2,1-3H3/b9-8-,12-11-,15-14-,17-16+. The van der Waals surface area contributed by atoms with Crippen molar-refractivity contribution < 1.29 is 9.63 Å². The van der Waals surface area contributed by atoms with Gasteiger partial charge in [0.1, 0.15) is 0 Å². The Morgan fingerprint density at radius 2 is 1.67 bits per heavy atom. The van der Waals surface area contributed by atoms with E-state index in [0.29, 0.717) is 0 Å².